The van der Waals surface area contributed by atoms with Crippen LogP contribution in [-0.2, 0) is 10.0 Å². The fraction of sp³-hybridized carbons (Fsp3) is 0.316. The van der Waals surface area contributed by atoms with Crippen molar-refractivity contribution in [2.45, 2.75) is 11.8 Å². The fourth-order valence-electron chi connectivity index (χ4n) is 2.62. The number of anilines is 1. The van der Waals surface area contributed by atoms with Crippen molar-refractivity contribution in [3.8, 4) is 5.75 Å². The molecule has 7 nitrogen and oxygen atoms in total. The molecule has 28 heavy (non-hydrogen) atoms. The highest BCUT2D eigenvalue weighted by atomic mass is 35.5. The van der Waals surface area contributed by atoms with E-state index in [9.17, 15) is 13.2 Å². The second kappa shape index (κ2) is 9.77. The summed E-state index contributed by atoms with van der Waals surface area (Å²) >= 11 is 0. The van der Waals surface area contributed by atoms with Gasteiger partial charge < -0.3 is 15.4 Å². The number of carbonyl (C=O) groups is 1. The predicted molar refractivity (Wildman–Crippen MR) is 111 cm³/mol. The van der Waals surface area contributed by atoms with Crippen molar-refractivity contribution in [3.63, 3.8) is 0 Å². The quantitative estimate of drug-likeness (QED) is 0.602. The molecule has 1 heterocycles. The van der Waals surface area contributed by atoms with Gasteiger partial charge in [-0.1, -0.05) is 0 Å². The molecular weight excluding hydrogens is 402 g/mol. The second-order valence-electron chi connectivity index (χ2n) is 6.32. The van der Waals surface area contributed by atoms with E-state index in [1.807, 2.05) is 6.92 Å². The maximum atomic E-state index is 12.5. The molecule has 3 rings (SSSR count). The third-order valence-electron chi connectivity index (χ3n) is 4.26. The summed E-state index contributed by atoms with van der Waals surface area (Å²) < 4.78 is 32.8. The van der Waals surface area contributed by atoms with Crippen molar-refractivity contribution in [2.75, 3.05) is 31.0 Å². The van der Waals surface area contributed by atoms with E-state index in [4.69, 9.17) is 4.74 Å². The number of halogens is 1. The van der Waals surface area contributed by atoms with E-state index in [2.05, 4.69) is 15.4 Å². The molecule has 0 atom stereocenters. The molecule has 1 fully saturated rings. The van der Waals surface area contributed by atoms with E-state index in [-0.39, 0.29) is 23.2 Å². The number of hydrogen-bond donors (Lipinski definition) is 3. The van der Waals surface area contributed by atoms with Crippen molar-refractivity contribution >= 4 is 34.0 Å². The predicted octanol–water partition coefficient (Wildman–Crippen LogP) is 2.26. The third-order valence-corrected chi connectivity index (χ3v) is 5.66. The minimum atomic E-state index is -3.71. The Morgan fingerprint density at radius 2 is 1.75 bits per heavy atom. The van der Waals surface area contributed by atoms with Gasteiger partial charge in [0.15, 0.2) is 0 Å². The Morgan fingerprint density at radius 3 is 2.29 bits per heavy atom. The average Bonchev–Trinajstić information content (AvgIpc) is 2.61. The maximum absolute atomic E-state index is 12.5. The number of benzene rings is 2. The third kappa shape index (κ3) is 5.60. The van der Waals surface area contributed by atoms with E-state index in [0.717, 1.165) is 13.1 Å². The molecule has 0 aromatic heterocycles. The minimum Gasteiger partial charge on any atom is -0.494 e. The molecule has 2 aromatic carbocycles. The summed E-state index contributed by atoms with van der Waals surface area (Å²) in [6.45, 7) is 4.86. The Kier molecular flexibility index (Phi) is 7.68. The molecule has 0 spiro atoms. The molecule has 2 aromatic rings. The van der Waals surface area contributed by atoms with Crippen molar-refractivity contribution in [2.24, 2.45) is 5.92 Å². The van der Waals surface area contributed by atoms with Gasteiger partial charge in [-0.15, -0.1) is 12.4 Å². The van der Waals surface area contributed by atoms with Crippen molar-refractivity contribution in [1.29, 1.82) is 0 Å². The van der Waals surface area contributed by atoms with Crippen LogP contribution >= 0.6 is 12.4 Å². The molecule has 1 aliphatic heterocycles. The summed E-state index contributed by atoms with van der Waals surface area (Å²) in [5.74, 6) is 0.932. The molecule has 1 saturated heterocycles. The zero-order valence-electron chi connectivity index (χ0n) is 15.5. The zero-order valence-corrected chi connectivity index (χ0v) is 17.1. The highest BCUT2D eigenvalue weighted by Gasteiger charge is 2.18. The van der Waals surface area contributed by atoms with Gasteiger partial charge in [0.05, 0.1) is 11.5 Å². The number of ether oxygens (including phenoxy) is 1. The lowest BCUT2D eigenvalue weighted by Crippen LogP contribution is -2.48. The van der Waals surface area contributed by atoms with Gasteiger partial charge in [-0.05, 0) is 55.5 Å². The second-order valence-corrected chi connectivity index (χ2v) is 8.00. The standard InChI is InChI=1S/C19H23N3O4S.ClH/c1-2-26-17-7-9-18(10-8-17)27(24,25)22-16-5-3-15(4-6-16)19(23)21-13-14-11-20-12-14;/h3-10,14,20,22H,2,11-13H2,1H3,(H,21,23);1H. The van der Waals surface area contributed by atoms with Crippen LogP contribution in [0.15, 0.2) is 53.4 Å². The molecule has 0 bridgehead atoms. The lowest BCUT2D eigenvalue weighted by atomic mass is 10.0. The van der Waals surface area contributed by atoms with Gasteiger partial charge in [-0.2, -0.15) is 0 Å². The molecule has 0 aliphatic carbocycles. The Bertz CT molecular complexity index is 882. The van der Waals surface area contributed by atoms with Gasteiger partial charge in [0.1, 0.15) is 5.75 Å². The Morgan fingerprint density at radius 1 is 1.11 bits per heavy atom. The lowest BCUT2D eigenvalue weighted by molar-refractivity contribution is 0.0942. The van der Waals surface area contributed by atoms with Crippen LogP contribution < -0.4 is 20.1 Å². The average molecular weight is 426 g/mol. The van der Waals surface area contributed by atoms with Gasteiger partial charge in [0.25, 0.3) is 15.9 Å². The van der Waals surface area contributed by atoms with E-state index in [0.29, 0.717) is 36.1 Å². The van der Waals surface area contributed by atoms with Gasteiger partial charge >= 0.3 is 0 Å². The normalized spacial score (nSPS) is 13.8. The highest BCUT2D eigenvalue weighted by Crippen LogP contribution is 2.19. The number of sulfonamides is 1. The molecule has 9 heteroatoms. The van der Waals surface area contributed by atoms with Crippen LogP contribution in [0.3, 0.4) is 0 Å². The molecule has 0 saturated carbocycles. The zero-order chi connectivity index (χ0) is 19.3. The summed E-state index contributed by atoms with van der Waals surface area (Å²) in [5.41, 5.74) is 0.884. The Hall–Kier alpha value is -2.29. The topological polar surface area (TPSA) is 96.5 Å². The van der Waals surface area contributed by atoms with E-state index >= 15 is 0 Å². The van der Waals surface area contributed by atoms with Gasteiger partial charge in [-0.25, -0.2) is 8.42 Å². The number of rotatable bonds is 8. The summed E-state index contributed by atoms with van der Waals surface area (Å²) in [6, 6.07) is 12.6. The first-order valence-corrected chi connectivity index (χ1v) is 10.3. The summed E-state index contributed by atoms with van der Waals surface area (Å²) in [4.78, 5) is 12.3. The van der Waals surface area contributed by atoms with Crippen LogP contribution in [0.2, 0.25) is 0 Å². The molecule has 0 unspecified atom stereocenters. The summed E-state index contributed by atoms with van der Waals surface area (Å²) in [6.07, 6.45) is 0. The molecule has 152 valence electrons. The molecule has 1 aliphatic rings. The largest absolute Gasteiger partial charge is 0.494 e. The van der Waals surface area contributed by atoms with E-state index < -0.39 is 10.0 Å². The molecular formula is C19H24ClN3O4S. The van der Waals surface area contributed by atoms with Crippen LogP contribution in [0.5, 0.6) is 5.75 Å². The Labute approximate surface area is 171 Å². The van der Waals surface area contributed by atoms with Crippen LogP contribution in [0.1, 0.15) is 17.3 Å². The van der Waals surface area contributed by atoms with E-state index in [1.165, 1.54) is 12.1 Å². The van der Waals surface area contributed by atoms with Gasteiger partial charge in [-0.3, -0.25) is 9.52 Å². The van der Waals surface area contributed by atoms with Crippen LogP contribution in [0, 0.1) is 5.92 Å². The first-order chi connectivity index (χ1) is 13.0. The first-order valence-electron chi connectivity index (χ1n) is 8.82. The van der Waals surface area contributed by atoms with E-state index in [1.54, 1.807) is 36.4 Å². The molecule has 0 radical (unpaired) electrons. The van der Waals surface area contributed by atoms with Gasteiger partial charge in [0.2, 0.25) is 0 Å². The van der Waals surface area contributed by atoms with Crippen LogP contribution in [0.25, 0.3) is 0 Å². The molecule has 3 N–H and O–H groups in total. The van der Waals surface area contributed by atoms with Crippen molar-refractivity contribution < 1.29 is 17.9 Å². The summed E-state index contributed by atoms with van der Waals surface area (Å²) in [5, 5.41) is 6.03. The number of nitrogens with one attached hydrogen (secondary N) is 3. The fourth-order valence-corrected chi connectivity index (χ4v) is 3.68. The first kappa shape index (κ1) is 22.0. The maximum Gasteiger partial charge on any atom is 0.261 e. The lowest BCUT2D eigenvalue weighted by Gasteiger charge is -2.27. The van der Waals surface area contributed by atoms with Crippen LogP contribution in [0.4, 0.5) is 5.69 Å². The van der Waals surface area contributed by atoms with Gasteiger partial charge in [0, 0.05) is 36.8 Å². The molecule has 1 amide bonds. The number of hydrogen-bond acceptors (Lipinski definition) is 5. The number of amides is 1. The SMILES string of the molecule is CCOc1ccc(S(=O)(=O)Nc2ccc(C(=O)NCC3CNC3)cc2)cc1.Cl. The highest BCUT2D eigenvalue weighted by molar-refractivity contribution is 7.92. The van der Waals surface area contributed by atoms with Crippen molar-refractivity contribution in [3.05, 3.63) is 54.1 Å². The number of carbonyl (C=O) groups excluding carboxylic acids is 1. The summed E-state index contributed by atoms with van der Waals surface area (Å²) in [7, 11) is -3.71. The minimum absolute atomic E-state index is 0. The monoisotopic (exact) mass is 425 g/mol. The van der Waals surface area contributed by atoms with Crippen molar-refractivity contribution in [1.82, 2.24) is 10.6 Å². The Balaban J connectivity index is 0.00000280. The van der Waals surface area contributed by atoms with Crippen LogP contribution in [-0.4, -0.2) is 40.6 Å². The smallest absolute Gasteiger partial charge is 0.261 e.